The normalized spacial score (nSPS) is 11.4. The van der Waals surface area contributed by atoms with Crippen molar-refractivity contribution in [2.45, 2.75) is 18.7 Å². The van der Waals surface area contributed by atoms with Crippen LogP contribution >= 0.6 is 0 Å². The van der Waals surface area contributed by atoms with Crippen molar-refractivity contribution in [2.75, 3.05) is 10.0 Å². The number of carbonyl (C=O) groups excluding carboxylic acids is 1. The maximum atomic E-state index is 13.2. The number of benzene rings is 4. The Morgan fingerprint density at radius 2 is 1.44 bits per heavy atom. The van der Waals surface area contributed by atoms with E-state index in [1.807, 2.05) is 44.2 Å². The Hall–Kier alpha value is -4.37. The summed E-state index contributed by atoms with van der Waals surface area (Å²) in [7, 11) is -4.05. The predicted molar refractivity (Wildman–Crippen MR) is 138 cm³/mol. The van der Waals surface area contributed by atoms with Crippen molar-refractivity contribution in [3.8, 4) is 0 Å². The SMILES string of the molecule is Cc1ccc(N=Nc2cc(C)ccc2NC(=O)c2ccccc2NS(=O)(=O)c2ccc(F)cc2)cc1. The molecule has 0 fully saturated rings. The molecule has 7 nitrogen and oxygen atoms in total. The fraction of sp³-hybridized carbons (Fsp3) is 0.0741. The lowest BCUT2D eigenvalue weighted by molar-refractivity contribution is 0.102. The zero-order valence-electron chi connectivity index (χ0n) is 19.6. The lowest BCUT2D eigenvalue weighted by atomic mass is 10.1. The van der Waals surface area contributed by atoms with Gasteiger partial charge < -0.3 is 5.32 Å². The molecule has 0 unspecified atom stereocenters. The highest BCUT2D eigenvalue weighted by Gasteiger charge is 2.19. The van der Waals surface area contributed by atoms with Crippen LogP contribution < -0.4 is 10.0 Å². The van der Waals surface area contributed by atoms with Crippen molar-refractivity contribution in [1.29, 1.82) is 0 Å². The Morgan fingerprint density at radius 1 is 0.778 bits per heavy atom. The highest BCUT2D eigenvalue weighted by molar-refractivity contribution is 7.92. The Labute approximate surface area is 208 Å². The van der Waals surface area contributed by atoms with Gasteiger partial charge in [-0.05, 0) is 80.1 Å². The van der Waals surface area contributed by atoms with Gasteiger partial charge in [0.1, 0.15) is 11.5 Å². The summed E-state index contributed by atoms with van der Waals surface area (Å²) in [6.07, 6.45) is 0. The van der Waals surface area contributed by atoms with Crippen LogP contribution in [0.25, 0.3) is 0 Å². The number of carbonyl (C=O) groups is 1. The molecule has 4 aromatic carbocycles. The quantitative estimate of drug-likeness (QED) is 0.269. The van der Waals surface area contributed by atoms with E-state index in [0.717, 1.165) is 35.4 Å². The molecule has 0 spiro atoms. The number of nitrogens with one attached hydrogen (secondary N) is 2. The number of aryl methyl sites for hydroxylation is 2. The molecule has 0 heterocycles. The molecule has 0 atom stereocenters. The summed E-state index contributed by atoms with van der Waals surface area (Å²) in [4.78, 5) is 13.1. The smallest absolute Gasteiger partial charge is 0.261 e. The van der Waals surface area contributed by atoms with Crippen molar-refractivity contribution >= 4 is 38.7 Å². The number of nitrogens with zero attached hydrogens (tertiary/aromatic N) is 2. The molecule has 2 N–H and O–H groups in total. The first-order valence-electron chi connectivity index (χ1n) is 11.0. The third kappa shape index (κ3) is 6.00. The maximum absolute atomic E-state index is 13.2. The Bertz CT molecular complexity index is 1530. The molecular formula is C27H23FN4O3S. The van der Waals surface area contributed by atoms with E-state index in [0.29, 0.717) is 17.1 Å². The van der Waals surface area contributed by atoms with Crippen molar-refractivity contribution < 1.29 is 17.6 Å². The second kappa shape index (κ2) is 10.5. The summed E-state index contributed by atoms with van der Waals surface area (Å²) in [6.45, 7) is 3.88. The van der Waals surface area contributed by atoms with Crippen LogP contribution in [0.1, 0.15) is 21.5 Å². The van der Waals surface area contributed by atoms with Crippen LogP contribution in [0, 0.1) is 19.7 Å². The minimum atomic E-state index is -4.05. The van der Waals surface area contributed by atoms with Gasteiger partial charge in [0.05, 0.1) is 27.5 Å². The van der Waals surface area contributed by atoms with Gasteiger partial charge in [-0.2, -0.15) is 5.11 Å². The van der Waals surface area contributed by atoms with Gasteiger partial charge >= 0.3 is 0 Å². The molecule has 1 amide bonds. The molecule has 0 aromatic heterocycles. The zero-order valence-corrected chi connectivity index (χ0v) is 20.4. The van der Waals surface area contributed by atoms with Crippen molar-refractivity contribution in [3.05, 3.63) is 114 Å². The lowest BCUT2D eigenvalue weighted by Crippen LogP contribution is -2.18. The van der Waals surface area contributed by atoms with Gasteiger partial charge in [-0.25, -0.2) is 12.8 Å². The molecule has 182 valence electrons. The minimum Gasteiger partial charge on any atom is -0.320 e. The number of halogens is 1. The van der Waals surface area contributed by atoms with Crippen LogP contribution in [0.5, 0.6) is 0 Å². The highest BCUT2D eigenvalue weighted by Crippen LogP contribution is 2.30. The van der Waals surface area contributed by atoms with E-state index in [1.54, 1.807) is 24.3 Å². The monoisotopic (exact) mass is 502 g/mol. The number of azo groups is 1. The number of para-hydroxylation sites is 1. The van der Waals surface area contributed by atoms with Gasteiger partial charge in [-0.1, -0.05) is 35.9 Å². The van der Waals surface area contributed by atoms with E-state index in [9.17, 15) is 17.6 Å². The molecule has 0 saturated heterocycles. The van der Waals surface area contributed by atoms with Gasteiger partial charge in [0.15, 0.2) is 0 Å². The van der Waals surface area contributed by atoms with E-state index in [-0.39, 0.29) is 16.1 Å². The van der Waals surface area contributed by atoms with E-state index in [4.69, 9.17) is 0 Å². The molecule has 0 bridgehead atoms. The first-order chi connectivity index (χ1) is 17.2. The molecule has 0 aliphatic carbocycles. The van der Waals surface area contributed by atoms with Gasteiger partial charge in [-0.15, -0.1) is 5.11 Å². The first-order valence-corrected chi connectivity index (χ1v) is 12.5. The van der Waals surface area contributed by atoms with E-state index in [2.05, 4.69) is 20.3 Å². The molecule has 0 aliphatic heterocycles. The molecule has 0 saturated carbocycles. The molecular weight excluding hydrogens is 479 g/mol. The van der Waals surface area contributed by atoms with Crippen molar-refractivity contribution in [1.82, 2.24) is 0 Å². The number of sulfonamides is 1. The molecule has 0 aliphatic rings. The number of rotatable bonds is 7. The predicted octanol–water partition coefficient (Wildman–Crippen LogP) is 6.91. The first kappa shape index (κ1) is 24.7. The van der Waals surface area contributed by atoms with Gasteiger partial charge in [0.2, 0.25) is 0 Å². The average Bonchev–Trinajstić information content (AvgIpc) is 2.85. The summed E-state index contributed by atoms with van der Waals surface area (Å²) in [5, 5.41) is 11.4. The standard InChI is InChI=1S/C27H23FN4O3S/c1-18-7-12-21(13-8-18)30-31-26-17-19(2)9-16-25(26)29-27(33)23-5-3-4-6-24(23)32-36(34,35)22-14-10-20(28)11-15-22/h3-17,32H,1-2H3,(H,29,33). The van der Waals surface area contributed by atoms with Crippen LogP contribution in [0.4, 0.5) is 27.1 Å². The van der Waals surface area contributed by atoms with Crippen LogP contribution in [0.3, 0.4) is 0 Å². The third-order valence-corrected chi connectivity index (χ3v) is 6.63. The Morgan fingerprint density at radius 3 is 2.17 bits per heavy atom. The fourth-order valence-electron chi connectivity index (χ4n) is 3.33. The number of hydrogen-bond donors (Lipinski definition) is 2. The molecule has 4 rings (SSSR count). The molecule has 0 radical (unpaired) electrons. The second-order valence-electron chi connectivity index (χ2n) is 8.12. The number of amides is 1. The number of anilines is 2. The van der Waals surface area contributed by atoms with Gasteiger partial charge in [-0.3, -0.25) is 9.52 Å². The summed E-state index contributed by atoms with van der Waals surface area (Å²) < 4.78 is 41.2. The Balaban J connectivity index is 1.59. The van der Waals surface area contributed by atoms with Crippen LogP contribution in [-0.4, -0.2) is 14.3 Å². The van der Waals surface area contributed by atoms with Crippen molar-refractivity contribution in [2.24, 2.45) is 10.2 Å². The summed E-state index contributed by atoms with van der Waals surface area (Å²) in [5.41, 5.74) is 3.75. The molecule has 4 aromatic rings. The minimum absolute atomic E-state index is 0.0780. The van der Waals surface area contributed by atoms with Crippen LogP contribution in [0.15, 0.2) is 106 Å². The summed E-state index contributed by atoms with van der Waals surface area (Å²) >= 11 is 0. The van der Waals surface area contributed by atoms with Gasteiger partial charge in [0, 0.05) is 0 Å². The summed E-state index contributed by atoms with van der Waals surface area (Å²) in [6, 6.07) is 23.5. The molecule has 36 heavy (non-hydrogen) atoms. The topological polar surface area (TPSA) is 100.0 Å². The summed E-state index contributed by atoms with van der Waals surface area (Å²) in [5.74, 6) is -1.09. The largest absolute Gasteiger partial charge is 0.320 e. The second-order valence-corrected chi connectivity index (χ2v) is 9.80. The van der Waals surface area contributed by atoms with E-state index in [1.165, 1.54) is 12.1 Å². The van der Waals surface area contributed by atoms with Crippen LogP contribution in [-0.2, 0) is 10.0 Å². The van der Waals surface area contributed by atoms with Crippen molar-refractivity contribution in [3.63, 3.8) is 0 Å². The highest BCUT2D eigenvalue weighted by atomic mass is 32.2. The maximum Gasteiger partial charge on any atom is 0.261 e. The van der Waals surface area contributed by atoms with Crippen LogP contribution in [0.2, 0.25) is 0 Å². The third-order valence-electron chi connectivity index (χ3n) is 5.25. The zero-order chi connectivity index (χ0) is 25.7. The molecule has 9 heteroatoms. The average molecular weight is 503 g/mol. The van der Waals surface area contributed by atoms with Gasteiger partial charge in [0.25, 0.3) is 15.9 Å². The van der Waals surface area contributed by atoms with E-state index < -0.39 is 21.7 Å². The Kier molecular flexibility index (Phi) is 7.21. The number of hydrogen-bond acceptors (Lipinski definition) is 5. The fourth-order valence-corrected chi connectivity index (χ4v) is 4.41. The lowest BCUT2D eigenvalue weighted by Gasteiger charge is -2.14. The van der Waals surface area contributed by atoms with E-state index >= 15 is 0 Å².